The maximum Gasteiger partial charge on any atom is 0.497 e. The Balaban J connectivity index is 1.45. The zero-order valence-electron chi connectivity index (χ0n) is 29.5. The van der Waals surface area contributed by atoms with Gasteiger partial charge in [0.15, 0.2) is 0 Å². The van der Waals surface area contributed by atoms with Crippen LogP contribution in [0.4, 0.5) is 4.39 Å². The number of hydrogen-bond acceptors (Lipinski definition) is 3. The largest absolute Gasteiger partial charge is 0.497 e. The van der Waals surface area contributed by atoms with E-state index in [9.17, 15) is 0 Å². The molecule has 0 bridgehead atoms. The van der Waals surface area contributed by atoms with Crippen molar-refractivity contribution in [2.24, 2.45) is 5.41 Å². The Morgan fingerprint density at radius 1 is 0.729 bits per heavy atom. The second kappa shape index (κ2) is 13.1. The van der Waals surface area contributed by atoms with E-state index in [-0.39, 0.29) is 11.2 Å². The smallest absolute Gasteiger partial charge is 0.399 e. The fraction of sp³-hybridized carbons (Fsp3) is 0.357. The van der Waals surface area contributed by atoms with Gasteiger partial charge in [-0.2, -0.15) is 0 Å². The highest BCUT2D eigenvalue weighted by molar-refractivity contribution is 6.62. The topological polar surface area (TPSA) is 36.3 Å². The van der Waals surface area contributed by atoms with Crippen molar-refractivity contribution in [2.45, 2.75) is 90.9 Å². The summed E-state index contributed by atoms with van der Waals surface area (Å²) in [4.78, 5) is 5.36. The van der Waals surface area contributed by atoms with Crippen LogP contribution in [0.3, 0.4) is 0 Å². The monoisotopic (exact) mass is 642 g/mol. The van der Waals surface area contributed by atoms with Crippen molar-refractivity contribution >= 4 is 12.6 Å². The summed E-state index contributed by atoms with van der Waals surface area (Å²) < 4.78 is 30.4. The molecular formula is C42H48BFN2O2. The van der Waals surface area contributed by atoms with Gasteiger partial charge in [0.1, 0.15) is 17.2 Å². The number of nitrogens with zero attached hydrogens (tertiary/aromatic N) is 2. The standard InChI is InChI=1S/C42H48BFN2O2/c1-8-39(2,3)29-35-30-46(42(32-18-12-9-13-19-32,33-20-14-10-15-21-33)34-22-16-11-17-23-34)38(45-35)27-25-31-24-26-36(37(44)28-31)43-47-40(4,5)41(6,7)48-43/h9-24,26,28,30H,8,25,27,29H2,1-7H3. The molecule has 0 unspecified atom stereocenters. The summed E-state index contributed by atoms with van der Waals surface area (Å²) >= 11 is 0. The van der Waals surface area contributed by atoms with E-state index < -0.39 is 23.9 Å². The van der Waals surface area contributed by atoms with Crippen LogP contribution in [-0.2, 0) is 34.1 Å². The molecule has 2 heterocycles. The van der Waals surface area contributed by atoms with Gasteiger partial charge in [-0.05, 0) is 74.3 Å². The van der Waals surface area contributed by atoms with Crippen molar-refractivity contribution in [3.05, 3.63) is 155 Å². The molecule has 0 atom stereocenters. The Bertz CT molecular complexity index is 1720. The van der Waals surface area contributed by atoms with Crippen molar-refractivity contribution in [1.29, 1.82) is 0 Å². The highest BCUT2D eigenvalue weighted by Gasteiger charge is 2.52. The number of aromatic nitrogens is 2. The van der Waals surface area contributed by atoms with E-state index in [0.717, 1.165) is 46.6 Å². The van der Waals surface area contributed by atoms with Crippen molar-refractivity contribution < 1.29 is 13.7 Å². The molecule has 0 radical (unpaired) electrons. The second-order valence-electron chi connectivity index (χ2n) is 15.0. The Kier molecular flexibility index (Phi) is 9.27. The quantitative estimate of drug-likeness (QED) is 0.107. The first-order valence-corrected chi connectivity index (χ1v) is 17.2. The third kappa shape index (κ3) is 6.41. The molecule has 0 saturated carbocycles. The van der Waals surface area contributed by atoms with Gasteiger partial charge in [0.25, 0.3) is 0 Å². The first kappa shape index (κ1) is 33.9. The van der Waals surface area contributed by atoms with E-state index >= 15 is 4.39 Å². The highest BCUT2D eigenvalue weighted by Crippen LogP contribution is 2.42. The summed E-state index contributed by atoms with van der Waals surface area (Å²) in [5.41, 5.74) is 4.21. The first-order valence-electron chi connectivity index (χ1n) is 17.2. The van der Waals surface area contributed by atoms with Crippen LogP contribution in [0.25, 0.3) is 0 Å². The number of rotatable bonds is 11. The lowest BCUT2D eigenvalue weighted by Gasteiger charge is -2.38. The van der Waals surface area contributed by atoms with Gasteiger partial charge in [-0.25, -0.2) is 9.37 Å². The molecule has 6 rings (SSSR count). The average molecular weight is 643 g/mol. The summed E-state index contributed by atoms with van der Waals surface area (Å²) in [5.74, 6) is 0.649. The van der Waals surface area contributed by atoms with Crippen LogP contribution < -0.4 is 5.46 Å². The van der Waals surface area contributed by atoms with Crippen LogP contribution in [0.1, 0.15) is 88.7 Å². The Morgan fingerprint density at radius 2 is 1.23 bits per heavy atom. The molecule has 1 aromatic heterocycles. The van der Waals surface area contributed by atoms with Crippen molar-refractivity contribution in [1.82, 2.24) is 9.55 Å². The van der Waals surface area contributed by atoms with Crippen LogP contribution in [0.15, 0.2) is 115 Å². The van der Waals surface area contributed by atoms with Gasteiger partial charge in [0.05, 0.1) is 16.9 Å². The number of halogens is 1. The normalized spacial score (nSPS) is 16.0. The zero-order chi connectivity index (χ0) is 34.2. The van der Waals surface area contributed by atoms with Crippen molar-refractivity contribution in [2.75, 3.05) is 0 Å². The van der Waals surface area contributed by atoms with Crippen LogP contribution in [0.5, 0.6) is 0 Å². The molecule has 1 fully saturated rings. The maximum absolute atomic E-state index is 15.7. The van der Waals surface area contributed by atoms with Gasteiger partial charge in [0, 0.05) is 18.1 Å². The molecule has 48 heavy (non-hydrogen) atoms. The van der Waals surface area contributed by atoms with Gasteiger partial charge >= 0.3 is 7.12 Å². The SMILES string of the molecule is CCC(C)(C)Cc1cn(C(c2ccccc2)(c2ccccc2)c2ccccc2)c(CCc2ccc(B3OC(C)(C)C(C)(C)O3)c(F)c2)n1. The molecule has 248 valence electrons. The Labute approximate surface area is 286 Å². The molecule has 6 heteroatoms. The van der Waals surface area contributed by atoms with E-state index in [1.807, 2.05) is 39.8 Å². The van der Waals surface area contributed by atoms with Gasteiger partial charge in [0.2, 0.25) is 0 Å². The fourth-order valence-corrected chi connectivity index (χ4v) is 6.74. The molecular weight excluding hydrogens is 594 g/mol. The molecule has 1 aliphatic heterocycles. The molecule has 0 amide bonds. The summed E-state index contributed by atoms with van der Waals surface area (Å²) in [6.45, 7) is 14.8. The van der Waals surface area contributed by atoms with Crippen molar-refractivity contribution in [3.63, 3.8) is 0 Å². The molecule has 1 saturated heterocycles. The third-order valence-corrected chi connectivity index (χ3v) is 10.6. The minimum absolute atomic E-state index is 0.0951. The lowest BCUT2D eigenvalue weighted by molar-refractivity contribution is 0.00578. The lowest BCUT2D eigenvalue weighted by atomic mass is 9.76. The number of hydrogen-bond donors (Lipinski definition) is 0. The predicted octanol–water partition coefficient (Wildman–Crippen LogP) is 8.93. The van der Waals surface area contributed by atoms with Crippen LogP contribution in [0.2, 0.25) is 0 Å². The first-order chi connectivity index (χ1) is 22.9. The molecule has 4 nitrogen and oxygen atoms in total. The van der Waals surface area contributed by atoms with Crippen LogP contribution in [0, 0.1) is 11.2 Å². The van der Waals surface area contributed by atoms with E-state index in [1.165, 1.54) is 0 Å². The van der Waals surface area contributed by atoms with Gasteiger partial charge in [-0.1, -0.05) is 130 Å². The fourth-order valence-electron chi connectivity index (χ4n) is 6.74. The minimum atomic E-state index is -0.740. The van der Waals surface area contributed by atoms with Gasteiger partial charge in [-0.3, -0.25) is 0 Å². The number of benzene rings is 4. The zero-order valence-corrected chi connectivity index (χ0v) is 29.5. The minimum Gasteiger partial charge on any atom is -0.399 e. The summed E-state index contributed by atoms with van der Waals surface area (Å²) in [5, 5.41) is 0. The lowest BCUT2D eigenvalue weighted by Crippen LogP contribution is -2.41. The predicted molar refractivity (Wildman–Crippen MR) is 194 cm³/mol. The van der Waals surface area contributed by atoms with Crippen LogP contribution >= 0.6 is 0 Å². The van der Waals surface area contributed by atoms with Gasteiger partial charge in [-0.15, -0.1) is 0 Å². The number of aryl methyl sites for hydroxylation is 2. The summed E-state index contributed by atoms with van der Waals surface area (Å²) in [6.07, 6.45) is 5.43. The summed E-state index contributed by atoms with van der Waals surface area (Å²) in [7, 11) is -0.740. The summed E-state index contributed by atoms with van der Waals surface area (Å²) in [6, 6.07) is 37.6. The third-order valence-electron chi connectivity index (χ3n) is 10.6. The van der Waals surface area contributed by atoms with Crippen molar-refractivity contribution in [3.8, 4) is 0 Å². The van der Waals surface area contributed by atoms with E-state index in [2.05, 4.69) is 123 Å². The van der Waals surface area contributed by atoms with E-state index in [4.69, 9.17) is 14.3 Å². The molecule has 5 aromatic rings. The number of imidazole rings is 1. The van der Waals surface area contributed by atoms with Gasteiger partial charge < -0.3 is 13.9 Å². The molecule has 1 aliphatic rings. The second-order valence-corrected chi connectivity index (χ2v) is 15.0. The van der Waals surface area contributed by atoms with E-state index in [1.54, 1.807) is 6.07 Å². The maximum atomic E-state index is 15.7. The molecule has 0 spiro atoms. The van der Waals surface area contributed by atoms with Crippen LogP contribution in [-0.4, -0.2) is 27.9 Å². The van der Waals surface area contributed by atoms with E-state index in [0.29, 0.717) is 18.3 Å². The molecule has 0 N–H and O–H groups in total. The molecule has 0 aliphatic carbocycles. The Hall–Kier alpha value is -4.00. The molecule has 4 aromatic carbocycles. The average Bonchev–Trinajstić information content (AvgIpc) is 3.56. The Morgan fingerprint density at radius 3 is 1.69 bits per heavy atom. The highest BCUT2D eigenvalue weighted by atomic mass is 19.1.